The highest BCUT2D eigenvalue weighted by molar-refractivity contribution is 7.89. The van der Waals surface area contributed by atoms with Gasteiger partial charge in [0.25, 0.3) is 0 Å². The van der Waals surface area contributed by atoms with Gasteiger partial charge in [0.2, 0.25) is 10.0 Å². The van der Waals surface area contributed by atoms with Crippen molar-refractivity contribution >= 4 is 21.1 Å². The number of hydrogen-bond donors (Lipinski definition) is 0. The van der Waals surface area contributed by atoms with Gasteiger partial charge in [-0.15, -0.1) is 0 Å². The molecule has 3 heterocycles. The van der Waals surface area contributed by atoms with Crippen LogP contribution in [-0.4, -0.2) is 66.6 Å². The Balaban J connectivity index is 1.66. The molecule has 2 aliphatic rings. The number of aryl methyl sites for hydroxylation is 1. The van der Waals surface area contributed by atoms with E-state index in [1.807, 2.05) is 6.07 Å². The van der Waals surface area contributed by atoms with Crippen molar-refractivity contribution in [1.82, 2.24) is 18.8 Å². The van der Waals surface area contributed by atoms with Crippen LogP contribution in [0.15, 0.2) is 23.1 Å². The van der Waals surface area contributed by atoms with E-state index in [4.69, 9.17) is 9.72 Å². The molecule has 0 saturated carbocycles. The smallest absolute Gasteiger partial charge is 0.243 e. The molecule has 2 fully saturated rings. The summed E-state index contributed by atoms with van der Waals surface area (Å²) in [4.78, 5) is 7.65. The number of piperidine rings is 1. The second kappa shape index (κ2) is 8.49. The van der Waals surface area contributed by atoms with Crippen LogP contribution in [0.4, 0.5) is 0 Å². The van der Waals surface area contributed by atoms with Crippen LogP contribution in [0.25, 0.3) is 11.0 Å². The van der Waals surface area contributed by atoms with Crippen molar-refractivity contribution in [2.75, 3.05) is 39.4 Å². The Morgan fingerprint density at radius 3 is 2.54 bits per heavy atom. The molecule has 0 unspecified atom stereocenters. The summed E-state index contributed by atoms with van der Waals surface area (Å²) < 4.78 is 35.0. The van der Waals surface area contributed by atoms with Crippen molar-refractivity contribution in [3.8, 4) is 0 Å². The van der Waals surface area contributed by atoms with Gasteiger partial charge in [0.1, 0.15) is 5.82 Å². The fourth-order valence-electron chi connectivity index (χ4n) is 4.17. The van der Waals surface area contributed by atoms with Crippen molar-refractivity contribution in [2.24, 2.45) is 0 Å². The van der Waals surface area contributed by atoms with Crippen LogP contribution >= 0.6 is 0 Å². The van der Waals surface area contributed by atoms with E-state index >= 15 is 0 Å². The number of nitrogens with zero attached hydrogens (tertiary/aromatic N) is 4. The van der Waals surface area contributed by atoms with Crippen LogP contribution in [0.3, 0.4) is 0 Å². The third-order valence-corrected chi connectivity index (χ3v) is 7.56. The maximum absolute atomic E-state index is 13.0. The first-order valence-electron chi connectivity index (χ1n) is 10.4. The van der Waals surface area contributed by atoms with Gasteiger partial charge < -0.3 is 9.30 Å². The van der Waals surface area contributed by atoms with E-state index in [0.717, 1.165) is 49.5 Å². The second-order valence-corrected chi connectivity index (χ2v) is 9.62. The molecule has 28 heavy (non-hydrogen) atoms. The largest absolute Gasteiger partial charge is 0.379 e. The molecule has 1 aromatic carbocycles. The van der Waals surface area contributed by atoms with Crippen molar-refractivity contribution in [1.29, 1.82) is 0 Å². The van der Waals surface area contributed by atoms with E-state index in [1.165, 1.54) is 23.6 Å². The summed E-state index contributed by atoms with van der Waals surface area (Å²) in [6.45, 7) is 7.84. The summed E-state index contributed by atoms with van der Waals surface area (Å²) in [6.07, 6.45) is 4.82. The van der Waals surface area contributed by atoms with Gasteiger partial charge in [-0.05, 0) is 50.6 Å². The fourth-order valence-corrected chi connectivity index (χ4v) is 5.60. The summed E-state index contributed by atoms with van der Waals surface area (Å²) in [5, 5.41) is 0. The van der Waals surface area contributed by atoms with E-state index in [1.54, 1.807) is 12.1 Å². The van der Waals surface area contributed by atoms with Crippen LogP contribution in [0.2, 0.25) is 0 Å². The molecule has 0 bridgehead atoms. The monoisotopic (exact) mass is 406 g/mol. The third-order valence-electron chi connectivity index (χ3n) is 5.67. The lowest BCUT2D eigenvalue weighted by Crippen LogP contribution is -2.40. The molecule has 0 spiro atoms. The molecular formula is C20H30N4O3S. The molecule has 0 radical (unpaired) electrons. The van der Waals surface area contributed by atoms with Gasteiger partial charge in [-0.1, -0.05) is 13.3 Å². The van der Waals surface area contributed by atoms with Gasteiger partial charge in [0.15, 0.2) is 0 Å². The van der Waals surface area contributed by atoms with Gasteiger partial charge in [0, 0.05) is 19.6 Å². The van der Waals surface area contributed by atoms with E-state index in [2.05, 4.69) is 16.4 Å². The van der Waals surface area contributed by atoms with Crippen LogP contribution in [0.1, 0.15) is 38.4 Å². The average Bonchev–Trinajstić information content (AvgIpc) is 3.06. The summed E-state index contributed by atoms with van der Waals surface area (Å²) in [7, 11) is -3.50. The Kier molecular flexibility index (Phi) is 6.01. The van der Waals surface area contributed by atoms with Crippen LogP contribution < -0.4 is 0 Å². The Morgan fingerprint density at radius 1 is 1.07 bits per heavy atom. The predicted octanol–water partition coefficient (Wildman–Crippen LogP) is 2.45. The molecule has 154 valence electrons. The normalized spacial score (nSPS) is 20.0. The zero-order valence-electron chi connectivity index (χ0n) is 16.6. The Labute approximate surface area is 167 Å². The van der Waals surface area contributed by atoms with E-state index < -0.39 is 10.0 Å². The highest BCUT2D eigenvalue weighted by Gasteiger charge is 2.27. The highest BCUT2D eigenvalue weighted by Crippen LogP contribution is 2.25. The van der Waals surface area contributed by atoms with E-state index in [-0.39, 0.29) is 0 Å². The Hall–Kier alpha value is -1.48. The third kappa shape index (κ3) is 3.96. The lowest BCUT2D eigenvalue weighted by atomic mass is 10.1. The molecule has 2 aliphatic heterocycles. The number of ether oxygens (including phenoxy) is 1. The molecular weight excluding hydrogens is 376 g/mol. The van der Waals surface area contributed by atoms with Crippen LogP contribution in [-0.2, 0) is 27.8 Å². The second-order valence-electron chi connectivity index (χ2n) is 7.68. The Bertz CT molecular complexity index is 913. The van der Waals surface area contributed by atoms with Gasteiger partial charge >= 0.3 is 0 Å². The van der Waals surface area contributed by atoms with Crippen molar-refractivity contribution in [2.45, 2.75) is 50.6 Å². The topological polar surface area (TPSA) is 67.7 Å². The van der Waals surface area contributed by atoms with Crippen molar-refractivity contribution in [3.05, 3.63) is 24.0 Å². The first-order valence-corrected chi connectivity index (χ1v) is 11.8. The van der Waals surface area contributed by atoms with Gasteiger partial charge in [-0.3, -0.25) is 4.90 Å². The summed E-state index contributed by atoms with van der Waals surface area (Å²) in [5.74, 6) is 1.04. The van der Waals surface area contributed by atoms with Crippen molar-refractivity contribution in [3.63, 3.8) is 0 Å². The maximum Gasteiger partial charge on any atom is 0.243 e. The van der Waals surface area contributed by atoms with Gasteiger partial charge in [0.05, 0.1) is 35.7 Å². The van der Waals surface area contributed by atoms with E-state index in [0.29, 0.717) is 31.2 Å². The predicted molar refractivity (Wildman–Crippen MR) is 109 cm³/mol. The molecule has 7 nitrogen and oxygen atoms in total. The summed E-state index contributed by atoms with van der Waals surface area (Å²) in [6, 6.07) is 5.39. The van der Waals surface area contributed by atoms with Crippen LogP contribution in [0, 0.1) is 0 Å². The minimum Gasteiger partial charge on any atom is -0.379 e. The van der Waals surface area contributed by atoms with Gasteiger partial charge in [-0.25, -0.2) is 13.4 Å². The zero-order chi connectivity index (χ0) is 19.6. The number of imidazole rings is 1. The zero-order valence-corrected chi connectivity index (χ0v) is 17.5. The average molecular weight is 407 g/mol. The maximum atomic E-state index is 13.0. The molecule has 2 aromatic rings. The quantitative estimate of drug-likeness (QED) is 0.737. The van der Waals surface area contributed by atoms with Gasteiger partial charge in [-0.2, -0.15) is 4.31 Å². The number of aromatic nitrogens is 2. The number of fused-ring (bicyclic) bond motifs is 1. The molecule has 4 rings (SSSR count). The van der Waals surface area contributed by atoms with Crippen molar-refractivity contribution < 1.29 is 13.2 Å². The lowest BCUT2D eigenvalue weighted by molar-refractivity contribution is 0.0730. The number of morpholine rings is 1. The number of sulfonamides is 1. The molecule has 0 atom stereocenters. The number of hydrogen-bond acceptors (Lipinski definition) is 5. The lowest BCUT2D eigenvalue weighted by Gasteiger charge is -2.26. The minimum atomic E-state index is -3.50. The molecule has 8 heteroatoms. The first-order chi connectivity index (χ1) is 13.6. The minimum absolute atomic E-state index is 0.326. The SMILES string of the molecule is CCCn1c(CN2CCCCC2)nc2cc(S(=O)(=O)N3CCOCC3)ccc21. The molecule has 0 N–H and O–H groups in total. The molecule has 1 aromatic heterocycles. The molecule has 2 saturated heterocycles. The Morgan fingerprint density at radius 2 is 1.82 bits per heavy atom. The highest BCUT2D eigenvalue weighted by atomic mass is 32.2. The number of benzene rings is 1. The van der Waals surface area contributed by atoms with Crippen LogP contribution in [0.5, 0.6) is 0 Å². The molecule has 0 amide bonds. The summed E-state index contributed by atoms with van der Waals surface area (Å²) >= 11 is 0. The number of likely N-dealkylation sites (tertiary alicyclic amines) is 1. The standard InChI is InChI=1S/C20H30N4O3S/c1-2-8-24-19-7-6-17(28(25,26)23-11-13-27-14-12-23)15-18(19)21-20(24)16-22-9-4-3-5-10-22/h6-7,15H,2-5,8-14,16H2,1H3. The van der Waals surface area contributed by atoms with E-state index in [9.17, 15) is 8.42 Å². The fraction of sp³-hybridized carbons (Fsp3) is 0.650. The first kappa shape index (κ1) is 19.8. The summed E-state index contributed by atoms with van der Waals surface area (Å²) in [5.41, 5.74) is 1.80. The molecule has 0 aliphatic carbocycles. The number of rotatable bonds is 6.